The first-order chi connectivity index (χ1) is 19.8. The molecule has 2 aromatic rings. The summed E-state index contributed by atoms with van der Waals surface area (Å²) < 4.78 is 6.37. The van der Waals surface area contributed by atoms with Crippen molar-refractivity contribution in [2.45, 2.75) is 84.5 Å². The van der Waals surface area contributed by atoms with Gasteiger partial charge in [-0.05, 0) is 74.8 Å². The van der Waals surface area contributed by atoms with Crippen molar-refractivity contribution < 1.29 is 19.1 Å². The number of nitrogens with one attached hydrogen (secondary N) is 2. The molecular formula is C33H44N4O4. The zero-order chi connectivity index (χ0) is 29.1. The average Bonchev–Trinajstić information content (AvgIpc) is 3.84. The molecule has 3 unspecified atom stereocenters. The van der Waals surface area contributed by atoms with Crippen molar-refractivity contribution in [3.05, 3.63) is 65.2 Å². The first-order valence-corrected chi connectivity index (χ1v) is 15.3. The number of amides is 4. The number of ether oxygens (including phenoxy) is 1. The average molecular weight is 561 g/mol. The number of urea groups is 1. The van der Waals surface area contributed by atoms with E-state index in [9.17, 15) is 14.4 Å². The highest BCUT2D eigenvalue weighted by atomic mass is 16.5. The second-order valence-electron chi connectivity index (χ2n) is 11.8. The van der Waals surface area contributed by atoms with Gasteiger partial charge in [-0.2, -0.15) is 0 Å². The third-order valence-corrected chi connectivity index (χ3v) is 9.25. The summed E-state index contributed by atoms with van der Waals surface area (Å²) in [5, 5.41) is 6.52. The highest BCUT2D eigenvalue weighted by Crippen LogP contribution is 2.46. The van der Waals surface area contributed by atoms with E-state index < -0.39 is 17.7 Å². The largest absolute Gasteiger partial charge is 0.469 e. The quantitative estimate of drug-likeness (QED) is 0.379. The predicted octanol–water partition coefficient (Wildman–Crippen LogP) is 5.42. The van der Waals surface area contributed by atoms with Crippen LogP contribution in [0.5, 0.6) is 5.75 Å². The molecule has 41 heavy (non-hydrogen) atoms. The molecule has 1 saturated carbocycles. The van der Waals surface area contributed by atoms with Crippen LogP contribution >= 0.6 is 0 Å². The van der Waals surface area contributed by atoms with Gasteiger partial charge < -0.3 is 20.3 Å². The summed E-state index contributed by atoms with van der Waals surface area (Å²) in [4.78, 5) is 43.6. The van der Waals surface area contributed by atoms with Crippen molar-refractivity contribution in [2.24, 2.45) is 11.3 Å². The second kappa shape index (κ2) is 12.2. The van der Waals surface area contributed by atoms with Gasteiger partial charge in [0.1, 0.15) is 11.2 Å². The normalized spacial score (nSPS) is 22.6. The van der Waals surface area contributed by atoms with Crippen molar-refractivity contribution in [2.75, 3.05) is 19.6 Å². The van der Waals surface area contributed by atoms with E-state index in [4.69, 9.17) is 4.74 Å². The fraction of sp³-hybridized carbons (Fsp3) is 0.545. The molecule has 0 bridgehead atoms. The molecule has 220 valence electrons. The molecule has 0 spiro atoms. The Morgan fingerprint density at radius 1 is 1.05 bits per heavy atom. The number of carbonyl (C=O) groups is 3. The van der Waals surface area contributed by atoms with Gasteiger partial charge in [0, 0.05) is 31.2 Å². The lowest BCUT2D eigenvalue weighted by molar-refractivity contribution is -0.191. The molecule has 2 aliphatic heterocycles. The maximum Gasteiger partial charge on any atom is 0.327 e. The third-order valence-electron chi connectivity index (χ3n) is 9.25. The number of rotatable bonds is 10. The standard InChI is InChI=1S/C33H44N4O4/c1-5-8-27(23-11-9-22(4)10-12-23)35-32(40)37-30(39)33(6-2,7-3)31(37)41-26-17-15-25(16-18-26)29(38)36-20-19-34-21-28(36)24-13-14-24/h9-12,15-18,24,27-28,31,34H,5-8,13-14,19-21H2,1-4H3,(H,35,40). The van der Waals surface area contributed by atoms with Crippen LogP contribution in [-0.4, -0.2) is 59.5 Å². The number of β-lactam (4-membered cyclic amide) rings is 1. The molecule has 3 atom stereocenters. The van der Waals surface area contributed by atoms with Gasteiger partial charge in [0.15, 0.2) is 6.23 Å². The molecule has 3 fully saturated rings. The Morgan fingerprint density at radius 3 is 2.34 bits per heavy atom. The first-order valence-electron chi connectivity index (χ1n) is 15.3. The maximum absolute atomic E-state index is 13.5. The van der Waals surface area contributed by atoms with Crippen molar-refractivity contribution >= 4 is 17.8 Å². The third kappa shape index (κ3) is 5.71. The summed E-state index contributed by atoms with van der Waals surface area (Å²) in [7, 11) is 0. The van der Waals surface area contributed by atoms with Crippen molar-refractivity contribution in [1.29, 1.82) is 0 Å². The number of aryl methyl sites for hydroxylation is 1. The maximum atomic E-state index is 13.5. The minimum absolute atomic E-state index is 0.0457. The summed E-state index contributed by atoms with van der Waals surface area (Å²) in [5.74, 6) is 0.970. The van der Waals surface area contributed by atoms with Gasteiger partial charge >= 0.3 is 6.03 Å². The lowest BCUT2D eigenvalue weighted by atomic mass is 9.72. The van der Waals surface area contributed by atoms with Crippen molar-refractivity contribution in [3.8, 4) is 5.75 Å². The number of hydrogen-bond acceptors (Lipinski definition) is 5. The van der Waals surface area contributed by atoms with E-state index in [0.717, 1.165) is 37.1 Å². The Kier molecular flexibility index (Phi) is 8.68. The molecule has 4 amide bonds. The Bertz CT molecular complexity index is 1240. The van der Waals surface area contributed by atoms with Gasteiger partial charge in [-0.15, -0.1) is 0 Å². The summed E-state index contributed by atoms with van der Waals surface area (Å²) in [5.41, 5.74) is 2.03. The van der Waals surface area contributed by atoms with Crippen LogP contribution in [0.15, 0.2) is 48.5 Å². The fourth-order valence-electron chi connectivity index (χ4n) is 6.38. The molecule has 5 rings (SSSR count). The fourth-order valence-corrected chi connectivity index (χ4v) is 6.38. The molecule has 3 aliphatic rings. The van der Waals surface area contributed by atoms with E-state index in [-0.39, 0.29) is 23.9 Å². The zero-order valence-corrected chi connectivity index (χ0v) is 24.8. The SMILES string of the molecule is CCCC(NC(=O)N1C(=O)C(CC)(CC)C1Oc1ccc(C(=O)N2CCNCC2C2CC2)cc1)c1ccc(C)cc1. The number of benzene rings is 2. The lowest BCUT2D eigenvalue weighted by Gasteiger charge is -2.53. The molecule has 2 N–H and O–H groups in total. The highest BCUT2D eigenvalue weighted by molar-refractivity contribution is 6.03. The van der Waals surface area contributed by atoms with Gasteiger partial charge in [-0.3, -0.25) is 9.59 Å². The van der Waals surface area contributed by atoms with Crippen molar-refractivity contribution in [1.82, 2.24) is 20.4 Å². The minimum atomic E-state index is -0.770. The Hall–Kier alpha value is -3.39. The van der Waals surface area contributed by atoms with Crippen LogP contribution in [0.3, 0.4) is 0 Å². The number of likely N-dealkylation sites (tertiary alicyclic amines) is 1. The Balaban J connectivity index is 1.31. The van der Waals surface area contributed by atoms with Gasteiger partial charge in [-0.1, -0.05) is 57.0 Å². The van der Waals surface area contributed by atoms with Crippen LogP contribution in [0.4, 0.5) is 4.79 Å². The molecule has 2 saturated heterocycles. The Labute approximate surface area is 243 Å². The van der Waals surface area contributed by atoms with Crippen LogP contribution in [0.25, 0.3) is 0 Å². The molecule has 2 heterocycles. The number of carbonyl (C=O) groups excluding carboxylic acids is 3. The molecule has 8 heteroatoms. The second-order valence-corrected chi connectivity index (χ2v) is 11.8. The Morgan fingerprint density at radius 2 is 1.73 bits per heavy atom. The molecule has 0 radical (unpaired) electrons. The van der Waals surface area contributed by atoms with Crippen LogP contribution in [0, 0.1) is 18.3 Å². The van der Waals surface area contributed by atoms with E-state index in [1.165, 1.54) is 17.7 Å². The van der Waals surface area contributed by atoms with Crippen molar-refractivity contribution in [3.63, 3.8) is 0 Å². The van der Waals surface area contributed by atoms with Crippen LogP contribution < -0.4 is 15.4 Å². The monoisotopic (exact) mass is 560 g/mol. The van der Waals surface area contributed by atoms with Gasteiger partial charge in [0.25, 0.3) is 5.91 Å². The minimum Gasteiger partial charge on any atom is -0.469 e. The van der Waals surface area contributed by atoms with Crippen LogP contribution in [0.1, 0.15) is 86.8 Å². The summed E-state index contributed by atoms with van der Waals surface area (Å²) in [6, 6.07) is 14.9. The van der Waals surface area contributed by atoms with Crippen LogP contribution in [0.2, 0.25) is 0 Å². The smallest absolute Gasteiger partial charge is 0.327 e. The number of nitrogens with zero attached hydrogens (tertiary/aromatic N) is 2. The molecular weight excluding hydrogens is 516 g/mol. The molecule has 8 nitrogen and oxygen atoms in total. The van der Waals surface area contributed by atoms with E-state index in [1.54, 1.807) is 24.3 Å². The van der Waals surface area contributed by atoms with E-state index in [1.807, 2.05) is 49.9 Å². The number of piperazine rings is 1. The van der Waals surface area contributed by atoms with E-state index in [0.29, 0.717) is 36.6 Å². The van der Waals surface area contributed by atoms with Gasteiger partial charge in [-0.25, -0.2) is 9.69 Å². The molecule has 0 aromatic heterocycles. The number of imide groups is 1. The highest BCUT2D eigenvalue weighted by Gasteiger charge is 2.63. The van der Waals surface area contributed by atoms with Gasteiger partial charge in [0.05, 0.1) is 6.04 Å². The predicted molar refractivity (Wildman–Crippen MR) is 158 cm³/mol. The van der Waals surface area contributed by atoms with E-state index >= 15 is 0 Å². The first kappa shape index (κ1) is 29.1. The van der Waals surface area contributed by atoms with Gasteiger partial charge in [0.2, 0.25) is 5.91 Å². The summed E-state index contributed by atoms with van der Waals surface area (Å²) in [6.07, 6.45) is 4.44. The van der Waals surface area contributed by atoms with E-state index in [2.05, 4.69) is 17.6 Å². The van der Waals surface area contributed by atoms with Crippen LogP contribution in [-0.2, 0) is 4.79 Å². The zero-order valence-electron chi connectivity index (χ0n) is 24.8. The molecule has 2 aromatic carbocycles. The topological polar surface area (TPSA) is 91.0 Å². The lowest BCUT2D eigenvalue weighted by Crippen LogP contribution is -2.73. The number of hydrogen-bond donors (Lipinski definition) is 2. The summed E-state index contributed by atoms with van der Waals surface area (Å²) in [6.45, 7) is 10.4. The molecule has 1 aliphatic carbocycles. The summed E-state index contributed by atoms with van der Waals surface area (Å²) >= 11 is 0.